The zero-order chi connectivity index (χ0) is 15.2. The highest BCUT2D eigenvalue weighted by molar-refractivity contribution is 9.10. The van der Waals surface area contributed by atoms with Crippen LogP contribution in [-0.2, 0) is 6.42 Å². The van der Waals surface area contributed by atoms with Gasteiger partial charge in [0.05, 0.1) is 10.5 Å². The van der Waals surface area contributed by atoms with Crippen molar-refractivity contribution in [1.82, 2.24) is 5.32 Å². The van der Waals surface area contributed by atoms with Gasteiger partial charge in [-0.2, -0.15) is 0 Å². The zero-order valence-corrected chi connectivity index (χ0v) is 12.7. The first kappa shape index (κ1) is 15.2. The number of carbonyl (C=O) groups is 1. The van der Waals surface area contributed by atoms with E-state index in [1.807, 2.05) is 6.07 Å². The summed E-state index contributed by atoms with van der Waals surface area (Å²) in [5, 5.41) is 13.7. The molecule has 0 radical (unpaired) electrons. The molecule has 21 heavy (non-hydrogen) atoms. The lowest BCUT2D eigenvalue weighted by molar-refractivity contribution is -0.385. The van der Waals surface area contributed by atoms with Crippen LogP contribution in [0.4, 0.5) is 5.69 Å². The molecule has 0 atom stereocenters. The molecule has 0 unspecified atom stereocenters. The number of nitrogens with one attached hydrogen (secondary N) is 1. The molecule has 0 aliphatic heterocycles. The molecular formula is C15H13BrN2O3. The highest BCUT2D eigenvalue weighted by Crippen LogP contribution is 2.18. The summed E-state index contributed by atoms with van der Waals surface area (Å²) in [5.41, 5.74) is 1.22. The summed E-state index contributed by atoms with van der Waals surface area (Å²) in [6, 6.07) is 13.6. The predicted octanol–water partition coefficient (Wildman–Crippen LogP) is 3.33. The number of hydrogen-bond acceptors (Lipinski definition) is 3. The first-order valence-electron chi connectivity index (χ1n) is 6.34. The van der Waals surface area contributed by atoms with Crippen LogP contribution in [0.1, 0.15) is 15.9 Å². The van der Waals surface area contributed by atoms with Gasteiger partial charge in [0.2, 0.25) is 0 Å². The first-order chi connectivity index (χ1) is 10.1. The summed E-state index contributed by atoms with van der Waals surface area (Å²) in [7, 11) is 0. The van der Waals surface area contributed by atoms with Gasteiger partial charge in [-0.15, -0.1) is 0 Å². The third-order valence-electron chi connectivity index (χ3n) is 2.99. The molecule has 0 heterocycles. The molecule has 1 N–H and O–H groups in total. The van der Waals surface area contributed by atoms with Crippen LogP contribution in [0.15, 0.2) is 53.0 Å². The number of amides is 1. The monoisotopic (exact) mass is 348 g/mol. The van der Waals surface area contributed by atoms with E-state index < -0.39 is 4.92 Å². The second-order valence-corrected chi connectivity index (χ2v) is 5.23. The molecule has 0 spiro atoms. The molecule has 0 bridgehead atoms. The Morgan fingerprint density at radius 1 is 1.14 bits per heavy atom. The van der Waals surface area contributed by atoms with Gasteiger partial charge in [-0.3, -0.25) is 14.9 Å². The predicted molar refractivity (Wildman–Crippen MR) is 83.3 cm³/mol. The molecule has 2 aromatic rings. The molecule has 0 saturated heterocycles. The molecular weight excluding hydrogens is 336 g/mol. The van der Waals surface area contributed by atoms with Crippen LogP contribution in [0.5, 0.6) is 0 Å². The Labute approximate surface area is 130 Å². The SMILES string of the molecule is O=C(NCCc1ccccc1[N+](=O)[O-])c1ccccc1Br. The van der Waals surface area contributed by atoms with Gasteiger partial charge in [0.25, 0.3) is 11.6 Å². The van der Waals surface area contributed by atoms with E-state index in [0.29, 0.717) is 28.6 Å². The minimum atomic E-state index is -0.412. The van der Waals surface area contributed by atoms with Crippen LogP contribution in [0.2, 0.25) is 0 Å². The lowest BCUT2D eigenvalue weighted by Gasteiger charge is -2.07. The molecule has 0 aliphatic rings. The van der Waals surface area contributed by atoms with Crippen molar-refractivity contribution in [2.75, 3.05) is 6.54 Å². The molecule has 0 aromatic heterocycles. The minimum absolute atomic E-state index is 0.0765. The quantitative estimate of drug-likeness (QED) is 0.665. The van der Waals surface area contributed by atoms with Crippen molar-refractivity contribution < 1.29 is 9.72 Å². The number of rotatable bonds is 5. The van der Waals surface area contributed by atoms with E-state index in [0.717, 1.165) is 0 Å². The van der Waals surface area contributed by atoms with E-state index in [1.165, 1.54) is 6.07 Å². The van der Waals surface area contributed by atoms with Gasteiger partial charge in [0.15, 0.2) is 0 Å². The molecule has 2 rings (SSSR count). The highest BCUT2D eigenvalue weighted by Gasteiger charge is 2.13. The van der Waals surface area contributed by atoms with Gasteiger partial charge in [0.1, 0.15) is 0 Å². The Morgan fingerprint density at radius 2 is 1.81 bits per heavy atom. The lowest BCUT2D eigenvalue weighted by atomic mass is 10.1. The van der Waals surface area contributed by atoms with Crippen LogP contribution in [0, 0.1) is 10.1 Å². The van der Waals surface area contributed by atoms with Crippen molar-refractivity contribution >= 4 is 27.5 Å². The molecule has 2 aromatic carbocycles. The van der Waals surface area contributed by atoms with Crippen LogP contribution in [0.3, 0.4) is 0 Å². The first-order valence-corrected chi connectivity index (χ1v) is 7.14. The van der Waals surface area contributed by atoms with E-state index >= 15 is 0 Å². The van der Waals surface area contributed by atoms with Crippen LogP contribution in [0.25, 0.3) is 0 Å². The van der Waals surface area contributed by atoms with Gasteiger partial charge in [-0.1, -0.05) is 30.3 Å². The second kappa shape index (κ2) is 6.99. The zero-order valence-electron chi connectivity index (χ0n) is 11.1. The highest BCUT2D eigenvalue weighted by atomic mass is 79.9. The van der Waals surface area contributed by atoms with E-state index in [2.05, 4.69) is 21.2 Å². The third-order valence-corrected chi connectivity index (χ3v) is 3.68. The van der Waals surface area contributed by atoms with Gasteiger partial charge in [-0.25, -0.2) is 0 Å². The maximum absolute atomic E-state index is 12.0. The molecule has 108 valence electrons. The molecule has 0 saturated carbocycles. The Kier molecular flexibility index (Phi) is 5.05. The largest absolute Gasteiger partial charge is 0.352 e. The number of nitro benzene ring substituents is 1. The average molecular weight is 349 g/mol. The summed E-state index contributed by atoms with van der Waals surface area (Å²) < 4.78 is 0.716. The van der Waals surface area contributed by atoms with Gasteiger partial charge in [-0.05, 0) is 34.5 Å². The van der Waals surface area contributed by atoms with Crippen molar-refractivity contribution in [2.24, 2.45) is 0 Å². The van der Waals surface area contributed by atoms with Crippen molar-refractivity contribution in [3.05, 3.63) is 74.2 Å². The number of nitrogens with zero attached hydrogens (tertiary/aromatic N) is 1. The van der Waals surface area contributed by atoms with E-state index in [4.69, 9.17) is 0 Å². The fraction of sp³-hybridized carbons (Fsp3) is 0.133. The summed E-state index contributed by atoms with van der Waals surface area (Å²) >= 11 is 3.31. The average Bonchev–Trinajstić information content (AvgIpc) is 2.48. The Hall–Kier alpha value is -2.21. The summed E-state index contributed by atoms with van der Waals surface area (Å²) in [6.07, 6.45) is 0.410. The number of para-hydroxylation sites is 1. The second-order valence-electron chi connectivity index (χ2n) is 4.37. The van der Waals surface area contributed by atoms with E-state index in [9.17, 15) is 14.9 Å². The summed E-state index contributed by atoms with van der Waals surface area (Å²) in [4.78, 5) is 22.5. The van der Waals surface area contributed by atoms with Crippen molar-refractivity contribution in [3.63, 3.8) is 0 Å². The number of carbonyl (C=O) groups excluding carboxylic acids is 1. The number of nitro groups is 1. The van der Waals surface area contributed by atoms with Crippen LogP contribution < -0.4 is 5.32 Å². The summed E-state index contributed by atoms with van der Waals surface area (Å²) in [5.74, 6) is -0.207. The molecule has 5 nitrogen and oxygen atoms in total. The van der Waals surface area contributed by atoms with Gasteiger partial charge < -0.3 is 5.32 Å². The van der Waals surface area contributed by atoms with Gasteiger partial charge in [0, 0.05) is 22.6 Å². The number of halogens is 1. The minimum Gasteiger partial charge on any atom is -0.352 e. The fourth-order valence-corrected chi connectivity index (χ4v) is 2.42. The van der Waals surface area contributed by atoms with Crippen molar-refractivity contribution in [2.45, 2.75) is 6.42 Å². The maximum atomic E-state index is 12.0. The van der Waals surface area contributed by atoms with E-state index in [-0.39, 0.29) is 11.6 Å². The number of benzene rings is 2. The topological polar surface area (TPSA) is 72.2 Å². The van der Waals surface area contributed by atoms with Crippen LogP contribution in [-0.4, -0.2) is 17.4 Å². The Bertz CT molecular complexity index is 673. The lowest BCUT2D eigenvalue weighted by Crippen LogP contribution is -2.26. The molecule has 6 heteroatoms. The third kappa shape index (κ3) is 3.88. The Morgan fingerprint density at radius 3 is 2.52 bits per heavy atom. The standard InChI is InChI=1S/C15H13BrN2O3/c16-13-7-3-2-6-12(13)15(19)17-10-9-11-5-1-4-8-14(11)18(20)21/h1-8H,9-10H2,(H,17,19). The Balaban J connectivity index is 1.98. The van der Waals surface area contributed by atoms with Crippen molar-refractivity contribution in [3.8, 4) is 0 Å². The molecule has 1 amide bonds. The van der Waals surface area contributed by atoms with Gasteiger partial charge >= 0.3 is 0 Å². The summed E-state index contributed by atoms with van der Waals surface area (Å²) in [6.45, 7) is 0.338. The molecule has 0 aliphatic carbocycles. The van der Waals surface area contributed by atoms with E-state index in [1.54, 1.807) is 36.4 Å². The van der Waals surface area contributed by atoms with Crippen molar-refractivity contribution in [1.29, 1.82) is 0 Å². The normalized spacial score (nSPS) is 10.1. The van der Waals surface area contributed by atoms with Crippen LogP contribution >= 0.6 is 15.9 Å². The smallest absolute Gasteiger partial charge is 0.272 e. The number of hydrogen-bond donors (Lipinski definition) is 1. The maximum Gasteiger partial charge on any atom is 0.272 e. The fourth-order valence-electron chi connectivity index (χ4n) is 1.95. The molecule has 0 fully saturated rings.